The minimum atomic E-state index is -0.518. The summed E-state index contributed by atoms with van der Waals surface area (Å²) in [4.78, 5) is 9.10. The van der Waals surface area contributed by atoms with E-state index in [1.165, 1.54) is 17.8 Å². The van der Waals surface area contributed by atoms with Crippen LogP contribution in [0.3, 0.4) is 0 Å². The quantitative estimate of drug-likeness (QED) is 0.604. The Morgan fingerprint density at radius 1 is 1.20 bits per heavy atom. The molecule has 0 atom stereocenters. The molecule has 2 rings (SSSR count). The summed E-state index contributed by atoms with van der Waals surface area (Å²) in [6, 6.07) is 8.37. The Hall–Kier alpha value is -1.50. The van der Waals surface area contributed by atoms with Crippen molar-refractivity contribution in [3.63, 3.8) is 0 Å². The van der Waals surface area contributed by atoms with Crippen molar-refractivity contribution in [3.8, 4) is 0 Å². The zero-order chi connectivity index (χ0) is 14.4. The van der Waals surface area contributed by atoms with Gasteiger partial charge in [0.1, 0.15) is 11.6 Å². The molecule has 0 aliphatic carbocycles. The van der Waals surface area contributed by atoms with Gasteiger partial charge in [-0.15, -0.1) is 11.8 Å². The van der Waals surface area contributed by atoms with Gasteiger partial charge in [-0.2, -0.15) is 0 Å². The standard InChI is InChI=1S/C14H15FN2O2S/c1-18-14(19-2)11-7-8-16-13(17-11)9-20-12-6-4-3-5-10(12)15/h3-8,14H,9H2,1-2H3. The van der Waals surface area contributed by atoms with Crippen molar-refractivity contribution in [1.29, 1.82) is 0 Å². The Labute approximate surface area is 121 Å². The maximum absolute atomic E-state index is 13.5. The lowest BCUT2D eigenvalue weighted by atomic mass is 10.3. The molecule has 0 saturated heterocycles. The van der Waals surface area contributed by atoms with E-state index in [2.05, 4.69) is 9.97 Å². The lowest BCUT2D eigenvalue weighted by molar-refractivity contribution is -0.108. The highest BCUT2D eigenvalue weighted by molar-refractivity contribution is 7.98. The van der Waals surface area contributed by atoms with Crippen LogP contribution in [0.25, 0.3) is 0 Å². The predicted octanol–water partition coefficient (Wildman–Crippen LogP) is 3.20. The average Bonchev–Trinajstić information content (AvgIpc) is 2.48. The maximum atomic E-state index is 13.5. The Balaban J connectivity index is 2.07. The second kappa shape index (κ2) is 7.33. The van der Waals surface area contributed by atoms with Gasteiger partial charge < -0.3 is 9.47 Å². The van der Waals surface area contributed by atoms with E-state index in [0.717, 1.165) is 0 Å². The number of halogens is 1. The van der Waals surface area contributed by atoms with Gasteiger partial charge in [0.05, 0.1) is 11.4 Å². The molecule has 0 radical (unpaired) electrons. The molecule has 0 saturated carbocycles. The molecule has 4 nitrogen and oxygen atoms in total. The molecule has 0 aliphatic heterocycles. The van der Waals surface area contributed by atoms with Crippen LogP contribution >= 0.6 is 11.8 Å². The van der Waals surface area contributed by atoms with Crippen LogP contribution < -0.4 is 0 Å². The molecule has 106 valence electrons. The summed E-state index contributed by atoms with van der Waals surface area (Å²) in [5, 5.41) is 0. The summed E-state index contributed by atoms with van der Waals surface area (Å²) in [5.74, 6) is 0.852. The number of rotatable bonds is 6. The summed E-state index contributed by atoms with van der Waals surface area (Å²) >= 11 is 1.35. The third-order valence-corrected chi connectivity index (χ3v) is 3.63. The fourth-order valence-corrected chi connectivity index (χ4v) is 2.46. The van der Waals surface area contributed by atoms with Crippen LogP contribution in [0.5, 0.6) is 0 Å². The number of ether oxygens (including phenoxy) is 2. The fourth-order valence-electron chi connectivity index (χ4n) is 1.66. The van der Waals surface area contributed by atoms with Crippen molar-refractivity contribution in [2.24, 2.45) is 0 Å². The summed E-state index contributed by atoms with van der Waals surface area (Å²) in [6.07, 6.45) is 1.13. The topological polar surface area (TPSA) is 44.2 Å². The van der Waals surface area contributed by atoms with Crippen LogP contribution in [0.4, 0.5) is 4.39 Å². The van der Waals surface area contributed by atoms with Gasteiger partial charge in [-0.25, -0.2) is 14.4 Å². The van der Waals surface area contributed by atoms with Gasteiger partial charge in [-0.1, -0.05) is 12.1 Å². The van der Waals surface area contributed by atoms with Gasteiger partial charge in [0.15, 0.2) is 0 Å². The molecule has 6 heteroatoms. The molecule has 20 heavy (non-hydrogen) atoms. The van der Waals surface area contributed by atoms with Gasteiger partial charge in [0, 0.05) is 25.3 Å². The molecule has 0 spiro atoms. The highest BCUT2D eigenvalue weighted by Crippen LogP contribution is 2.24. The molecule has 1 aromatic carbocycles. The first kappa shape index (κ1) is 14.9. The molecular formula is C14H15FN2O2S. The molecule has 0 unspecified atom stereocenters. The molecule has 0 N–H and O–H groups in total. The Morgan fingerprint density at radius 2 is 1.95 bits per heavy atom. The van der Waals surface area contributed by atoms with E-state index < -0.39 is 6.29 Å². The van der Waals surface area contributed by atoms with Crippen molar-refractivity contribution in [3.05, 3.63) is 53.9 Å². The maximum Gasteiger partial charge on any atom is 0.200 e. The minimum Gasteiger partial charge on any atom is -0.350 e. The van der Waals surface area contributed by atoms with Crippen LogP contribution in [0.15, 0.2) is 41.4 Å². The van der Waals surface area contributed by atoms with E-state index in [0.29, 0.717) is 22.2 Å². The Bertz CT molecular complexity index is 564. The van der Waals surface area contributed by atoms with E-state index in [9.17, 15) is 4.39 Å². The summed E-state index contributed by atoms with van der Waals surface area (Å²) in [6.45, 7) is 0. The van der Waals surface area contributed by atoms with Gasteiger partial charge in [0.2, 0.25) is 6.29 Å². The summed E-state index contributed by atoms with van der Waals surface area (Å²) < 4.78 is 23.8. The first-order chi connectivity index (χ1) is 9.74. The third-order valence-electron chi connectivity index (χ3n) is 2.59. The van der Waals surface area contributed by atoms with Gasteiger partial charge in [-0.05, 0) is 18.2 Å². The Morgan fingerprint density at radius 3 is 2.65 bits per heavy atom. The van der Waals surface area contributed by atoms with E-state index in [1.54, 1.807) is 44.7 Å². The normalized spacial score (nSPS) is 11.0. The van der Waals surface area contributed by atoms with Crippen LogP contribution in [0, 0.1) is 5.82 Å². The highest BCUT2D eigenvalue weighted by Gasteiger charge is 2.12. The molecule has 0 fully saturated rings. The number of aromatic nitrogens is 2. The molecular weight excluding hydrogens is 279 g/mol. The molecule has 0 aliphatic rings. The van der Waals surface area contributed by atoms with Crippen molar-refractivity contribution in [2.75, 3.05) is 14.2 Å². The van der Waals surface area contributed by atoms with Crippen LogP contribution in [-0.2, 0) is 15.2 Å². The number of thioether (sulfide) groups is 1. The predicted molar refractivity (Wildman–Crippen MR) is 74.8 cm³/mol. The lowest BCUT2D eigenvalue weighted by Gasteiger charge is -2.12. The highest BCUT2D eigenvalue weighted by atomic mass is 32.2. The minimum absolute atomic E-state index is 0.236. The largest absolute Gasteiger partial charge is 0.350 e. The van der Waals surface area contributed by atoms with Gasteiger partial charge in [0.25, 0.3) is 0 Å². The first-order valence-corrected chi connectivity index (χ1v) is 6.98. The molecule has 1 heterocycles. The van der Waals surface area contributed by atoms with E-state index in [4.69, 9.17) is 9.47 Å². The smallest absolute Gasteiger partial charge is 0.200 e. The van der Waals surface area contributed by atoms with Gasteiger partial charge in [-0.3, -0.25) is 0 Å². The second-order valence-electron chi connectivity index (χ2n) is 3.92. The molecule has 2 aromatic rings. The first-order valence-electron chi connectivity index (χ1n) is 5.99. The number of hydrogen-bond donors (Lipinski definition) is 0. The molecule has 0 amide bonds. The second-order valence-corrected chi connectivity index (χ2v) is 4.94. The zero-order valence-corrected chi connectivity index (χ0v) is 12.1. The van der Waals surface area contributed by atoms with Crippen molar-refractivity contribution >= 4 is 11.8 Å². The lowest BCUT2D eigenvalue weighted by Crippen LogP contribution is -2.08. The van der Waals surface area contributed by atoms with Crippen molar-refractivity contribution in [2.45, 2.75) is 16.9 Å². The summed E-state index contributed by atoms with van der Waals surface area (Å²) in [5.41, 5.74) is 0.647. The number of nitrogens with zero attached hydrogens (tertiary/aromatic N) is 2. The van der Waals surface area contributed by atoms with E-state index in [1.807, 2.05) is 0 Å². The fraction of sp³-hybridized carbons (Fsp3) is 0.286. The number of hydrogen-bond acceptors (Lipinski definition) is 5. The molecule has 0 bridgehead atoms. The van der Waals surface area contributed by atoms with E-state index >= 15 is 0 Å². The van der Waals surface area contributed by atoms with Crippen molar-refractivity contribution in [1.82, 2.24) is 9.97 Å². The Kier molecular flexibility index (Phi) is 5.46. The number of methoxy groups -OCH3 is 2. The van der Waals surface area contributed by atoms with Crippen molar-refractivity contribution < 1.29 is 13.9 Å². The van der Waals surface area contributed by atoms with E-state index in [-0.39, 0.29) is 5.82 Å². The average molecular weight is 294 g/mol. The van der Waals surface area contributed by atoms with Crippen LogP contribution in [-0.4, -0.2) is 24.2 Å². The van der Waals surface area contributed by atoms with Crippen LogP contribution in [0.1, 0.15) is 17.8 Å². The van der Waals surface area contributed by atoms with Gasteiger partial charge >= 0.3 is 0 Å². The zero-order valence-electron chi connectivity index (χ0n) is 11.2. The molecule has 1 aromatic heterocycles. The third kappa shape index (κ3) is 3.75. The van der Waals surface area contributed by atoms with Crippen LogP contribution in [0.2, 0.25) is 0 Å². The SMILES string of the molecule is COC(OC)c1ccnc(CSc2ccccc2F)n1. The number of benzene rings is 1. The summed E-state index contributed by atoms with van der Waals surface area (Å²) in [7, 11) is 3.09. The monoisotopic (exact) mass is 294 g/mol.